The Labute approximate surface area is 236 Å². The number of aromatic nitrogens is 1. The number of aliphatic hydroxyl groups excluding tert-OH is 1. The van der Waals surface area contributed by atoms with E-state index in [0.29, 0.717) is 22.0 Å². The quantitative estimate of drug-likeness (QED) is 0.204. The van der Waals surface area contributed by atoms with E-state index in [0.717, 1.165) is 52.9 Å². The molecule has 1 fully saturated rings. The van der Waals surface area contributed by atoms with E-state index in [2.05, 4.69) is 20.9 Å². The molecule has 2 aliphatic rings. The normalized spacial score (nSPS) is 19.3. The van der Waals surface area contributed by atoms with Gasteiger partial charge in [0.25, 0.3) is 0 Å². The van der Waals surface area contributed by atoms with Crippen LogP contribution in [0.5, 0.6) is 11.5 Å². The van der Waals surface area contributed by atoms with Gasteiger partial charge in [-0.25, -0.2) is 9.78 Å². The van der Waals surface area contributed by atoms with E-state index in [-0.39, 0.29) is 24.0 Å². The van der Waals surface area contributed by atoms with E-state index < -0.39 is 6.23 Å². The summed E-state index contributed by atoms with van der Waals surface area (Å²) in [5, 5.41) is 21.4. The molecule has 3 amide bonds. The van der Waals surface area contributed by atoms with E-state index >= 15 is 0 Å². The molecule has 0 saturated heterocycles. The molecular formula is C30H31N5O4S. The molecule has 4 aromatic rings. The average molecular weight is 558 g/mol. The predicted molar refractivity (Wildman–Crippen MR) is 156 cm³/mol. The molecule has 1 saturated carbocycles. The molecule has 10 heteroatoms. The van der Waals surface area contributed by atoms with Crippen LogP contribution in [0.25, 0.3) is 10.2 Å². The predicted octanol–water partition coefficient (Wildman–Crippen LogP) is 6.11. The molecule has 0 radical (unpaired) electrons. The number of hydrogen-bond acceptors (Lipinski definition) is 7. The summed E-state index contributed by atoms with van der Waals surface area (Å²) in [6, 6.07) is 16.5. The van der Waals surface area contributed by atoms with E-state index in [1.165, 1.54) is 18.3 Å². The molecule has 2 aromatic carbocycles. The zero-order valence-electron chi connectivity index (χ0n) is 22.3. The number of anilines is 3. The number of rotatable bonds is 7. The first-order valence-electron chi connectivity index (χ1n) is 13.5. The third-order valence-corrected chi connectivity index (χ3v) is 8.59. The monoisotopic (exact) mass is 557 g/mol. The number of nitrogens with one attached hydrogen (secondary N) is 3. The number of hydrogen-bond donors (Lipinski definition) is 4. The molecule has 6 rings (SSSR count). The van der Waals surface area contributed by atoms with Crippen molar-refractivity contribution >= 4 is 50.6 Å². The van der Waals surface area contributed by atoms with Gasteiger partial charge < -0.3 is 20.5 Å². The van der Waals surface area contributed by atoms with E-state index in [9.17, 15) is 14.7 Å². The second-order valence-corrected chi connectivity index (χ2v) is 11.3. The van der Waals surface area contributed by atoms with Crippen LogP contribution < -0.4 is 25.6 Å². The Morgan fingerprint density at radius 1 is 1.10 bits per heavy atom. The number of aryl methyl sites for hydroxylation is 1. The van der Waals surface area contributed by atoms with Crippen LogP contribution in [0.2, 0.25) is 0 Å². The van der Waals surface area contributed by atoms with Crippen LogP contribution >= 0.6 is 11.3 Å². The Hall–Kier alpha value is -3.99. The molecular weight excluding hydrogens is 526 g/mol. The zero-order valence-corrected chi connectivity index (χ0v) is 23.1. The molecule has 3 atom stereocenters. The summed E-state index contributed by atoms with van der Waals surface area (Å²) < 4.78 is 5.98. The van der Waals surface area contributed by atoms with Gasteiger partial charge in [-0.3, -0.25) is 15.0 Å². The number of pyridine rings is 1. The highest BCUT2D eigenvalue weighted by Gasteiger charge is 2.35. The number of amides is 3. The second kappa shape index (κ2) is 10.9. The molecule has 0 bridgehead atoms. The molecule has 40 heavy (non-hydrogen) atoms. The van der Waals surface area contributed by atoms with Crippen molar-refractivity contribution in [3.63, 3.8) is 0 Å². The van der Waals surface area contributed by atoms with Gasteiger partial charge in [-0.1, -0.05) is 31.0 Å². The maximum atomic E-state index is 13.6. The minimum atomic E-state index is -1.02. The van der Waals surface area contributed by atoms with Crippen molar-refractivity contribution in [2.75, 3.05) is 10.2 Å². The topological polar surface area (TPSA) is 116 Å². The number of para-hydroxylation sites is 1. The lowest BCUT2D eigenvalue weighted by Crippen LogP contribution is -2.52. The van der Waals surface area contributed by atoms with Crippen LogP contribution in [0, 0.1) is 6.92 Å². The summed E-state index contributed by atoms with van der Waals surface area (Å²) in [7, 11) is 0. The number of aliphatic hydroxyl groups is 1. The summed E-state index contributed by atoms with van der Waals surface area (Å²) in [5.74, 6) is 1.33. The standard InChI is InChI=1S/C30H31N5O4S/c1-17-16-20(39-19-8-4-3-5-9-19)12-13-23(17)35-24-14-15-31-29-25(24)26(34-30(35)38)27(40-29)28(37)33-22-11-7-6-10-21(22)32-18(2)36/h3-5,8-9,12-16,21-22,28,33,37H,6-7,10-11H2,1-2H3,(H,32,36)(H,34,38)/t21-,22-,28?/m1/s1. The number of thiophene rings is 1. The Morgan fingerprint density at radius 2 is 1.88 bits per heavy atom. The first-order valence-corrected chi connectivity index (χ1v) is 14.3. The fourth-order valence-corrected chi connectivity index (χ4v) is 6.71. The third-order valence-electron chi connectivity index (χ3n) is 7.44. The summed E-state index contributed by atoms with van der Waals surface area (Å²) in [4.78, 5) is 32.8. The van der Waals surface area contributed by atoms with Crippen molar-refractivity contribution in [1.82, 2.24) is 15.6 Å². The number of nitrogens with zero attached hydrogens (tertiary/aromatic N) is 2. The van der Waals surface area contributed by atoms with Crippen molar-refractivity contribution in [2.45, 2.75) is 57.8 Å². The lowest BCUT2D eigenvalue weighted by Gasteiger charge is -2.34. The van der Waals surface area contributed by atoms with E-state index in [1.54, 1.807) is 11.1 Å². The molecule has 9 nitrogen and oxygen atoms in total. The van der Waals surface area contributed by atoms with Gasteiger partial charge in [0.05, 0.1) is 27.3 Å². The van der Waals surface area contributed by atoms with Gasteiger partial charge in [-0.2, -0.15) is 0 Å². The van der Waals surface area contributed by atoms with Gasteiger partial charge in [0.1, 0.15) is 22.6 Å². The van der Waals surface area contributed by atoms with Crippen molar-refractivity contribution in [3.05, 3.63) is 71.2 Å². The molecule has 1 unspecified atom stereocenters. The van der Waals surface area contributed by atoms with E-state index in [4.69, 9.17) is 4.74 Å². The van der Waals surface area contributed by atoms with Gasteiger partial charge in [0.2, 0.25) is 5.91 Å². The smallest absolute Gasteiger partial charge is 0.331 e. The first-order chi connectivity index (χ1) is 19.4. The number of carbonyl (C=O) groups excluding carboxylic acids is 2. The molecule has 1 aliphatic heterocycles. The second-order valence-electron chi connectivity index (χ2n) is 10.2. The lowest BCUT2D eigenvalue weighted by atomic mass is 9.90. The Bertz CT molecular complexity index is 1570. The van der Waals surface area contributed by atoms with Crippen LogP contribution in [0.15, 0.2) is 60.8 Å². The molecule has 3 heterocycles. The highest BCUT2D eigenvalue weighted by Crippen LogP contribution is 2.48. The van der Waals surface area contributed by atoms with Crippen molar-refractivity contribution in [2.24, 2.45) is 0 Å². The highest BCUT2D eigenvalue weighted by atomic mass is 32.1. The van der Waals surface area contributed by atoms with Crippen molar-refractivity contribution in [3.8, 4) is 11.5 Å². The Kier molecular flexibility index (Phi) is 7.14. The minimum absolute atomic E-state index is 0.0535. The van der Waals surface area contributed by atoms with Crippen molar-refractivity contribution < 1.29 is 19.4 Å². The van der Waals surface area contributed by atoms with Gasteiger partial charge in [-0.05, 0) is 61.7 Å². The molecule has 206 valence electrons. The average Bonchev–Trinajstić information content (AvgIpc) is 3.30. The van der Waals surface area contributed by atoms with Gasteiger partial charge >= 0.3 is 6.03 Å². The zero-order chi connectivity index (χ0) is 27.8. The number of benzene rings is 2. The lowest BCUT2D eigenvalue weighted by molar-refractivity contribution is -0.120. The number of carbonyl (C=O) groups is 2. The van der Waals surface area contributed by atoms with Gasteiger partial charge in [0.15, 0.2) is 0 Å². The van der Waals surface area contributed by atoms with Crippen molar-refractivity contribution in [1.29, 1.82) is 0 Å². The Morgan fingerprint density at radius 3 is 2.62 bits per heavy atom. The first kappa shape index (κ1) is 26.2. The van der Waals surface area contributed by atoms with Gasteiger partial charge in [0, 0.05) is 25.2 Å². The van der Waals surface area contributed by atoms with Gasteiger partial charge in [-0.15, -0.1) is 11.3 Å². The number of ether oxygens (including phenoxy) is 1. The van der Waals surface area contributed by atoms with Crippen LogP contribution in [0.3, 0.4) is 0 Å². The maximum Gasteiger partial charge on any atom is 0.331 e. The summed E-state index contributed by atoms with van der Waals surface area (Å²) >= 11 is 1.35. The summed E-state index contributed by atoms with van der Waals surface area (Å²) in [6.07, 6.45) is 4.41. The molecule has 4 N–H and O–H groups in total. The van der Waals surface area contributed by atoms with Crippen LogP contribution in [0.4, 0.5) is 21.9 Å². The Balaban J connectivity index is 1.31. The molecule has 1 aliphatic carbocycles. The molecule has 2 aromatic heterocycles. The fraction of sp³-hybridized carbons (Fsp3) is 0.300. The van der Waals surface area contributed by atoms with E-state index in [1.807, 2.05) is 61.5 Å². The third kappa shape index (κ3) is 5.01. The summed E-state index contributed by atoms with van der Waals surface area (Å²) in [5.41, 5.74) is 2.86. The van der Waals surface area contributed by atoms with Crippen LogP contribution in [-0.2, 0) is 4.79 Å². The highest BCUT2D eigenvalue weighted by molar-refractivity contribution is 7.19. The van der Waals surface area contributed by atoms with Crippen LogP contribution in [-0.4, -0.2) is 34.1 Å². The SMILES string of the molecule is CC(=O)N[C@@H]1CCCC[C@H]1NC(O)c1sc2nccc3c2c1NC(=O)N3c1ccc(Oc2ccccc2)cc1C. The maximum absolute atomic E-state index is 13.6. The van der Waals surface area contributed by atoms with Crippen LogP contribution in [0.1, 0.15) is 49.3 Å². The fourth-order valence-electron chi connectivity index (χ4n) is 5.65. The minimum Gasteiger partial charge on any atom is -0.457 e. The number of urea groups is 1. The molecule has 0 spiro atoms. The summed E-state index contributed by atoms with van der Waals surface area (Å²) in [6.45, 7) is 3.45. The largest absolute Gasteiger partial charge is 0.457 e.